The maximum atomic E-state index is 12.4. The Bertz CT molecular complexity index is 693. The highest BCUT2D eigenvalue weighted by Crippen LogP contribution is 2.28. The summed E-state index contributed by atoms with van der Waals surface area (Å²) < 4.78 is 6.28. The average Bonchev–Trinajstić information content (AvgIpc) is 3.37. The van der Waals surface area contributed by atoms with Gasteiger partial charge in [0.1, 0.15) is 11.9 Å². The molecule has 5 heteroatoms. The Labute approximate surface area is 175 Å². The number of nitrogens with one attached hydrogen (secondary N) is 1. The van der Waals surface area contributed by atoms with E-state index in [9.17, 15) is 4.79 Å². The standard InChI is InChI=1S/C24H37N3O2/c1-18-16-22(29-21-11-14-26(15-12-21)20-7-3-4-8-20)9-10-23(18)25-24(28)17-27-13-5-6-19(27)2/h9-10,16,19-21H,3-8,11-15,17H2,1-2H3,(H,25,28)/t19-/m1/s1. The van der Waals surface area contributed by atoms with Crippen LogP contribution in [0.2, 0.25) is 0 Å². The van der Waals surface area contributed by atoms with Crippen LogP contribution in [-0.2, 0) is 4.79 Å². The van der Waals surface area contributed by atoms with Gasteiger partial charge in [-0.3, -0.25) is 9.69 Å². The first-order valence-electron chi connectivity index (χ1n) is 11.6. The lowest BCUT2D eigenvalue weighted by Crippen LogP contribution is -2.43. The highest BCUT2D eigenvalue weighted by molar-refractivity contribution is 5.93. The monoisotopic (exact) mass is 399 g/mol. The molecule has 3 fully saturated rings. The van der Waals surface area contributed by atoms with Gasteiger partial charge in [-0.15, -0.1) is 0 Å². The van der Waals surface area contributed by atoms with Crippen LogP contribution in [0.15, 0.2) is 18.2 Å². The van der Waals surface area contributed by atoms with Crippen molar-refractivity contribution in [2.45, 2.75) is 83.4 Å². The van der Waals surface area contributed by atoms with Crippen LogP contribution in [0.25, 0.3) is 0 Å². The van der Waals surface area contributed by atoms with E-state index in [1.54, 1.807) is 0 Å². The van der Waals surface area contributed by atoms with Crippen molar-refractivity contribution in [3.63, 3.8) is 0 Å². The number of carbonyl (C=O) groups excluding carboxylic acids is 1. The molecule has 2 heterocycles. The van der Waals surface area contributed by atoms with E-state index >= 15 is 0 Å². The number of rotatable bonds is 6. The maximum absolute atomic E-state index is 12.4. The van der Waals surface area contributed by atoms with Crippen molar-refractivity contribution in [1.82, 2.24) is 9.80 Å². The normalized spacial score (nSPS) is 24.8. The summed E-state index contributed by atoms with van der Waals surface area (Å²) in [6, 6.07) is 7.40. The third-order valence-electron chi connectivity index (χ3n) is 7.13. The van der Waals surface area contributed by atoms with E-state index in [0.717, 1.165) is 55.5 Å². The van der Waals surface area contributed by atoms with E-state index in [1.807, 2.05) is 19.1 Å². The zero-order chi connectivity index (χ0) is 20.2. The Morgan fingerprint density at radius 3 is 2.48 bits per heavy atom. The quantitative estimate of drug-likeness (QED) is 0.779. The SMILES string of the molecule is Cc1cc(OC2CCN(C3CCCC3)CC2)ccc1NC(=O)CN1CCC[C@H]1C. The topological polar surface area (TPSA) is 44.8 Å². The molecule has 1 N–H and O–H groups in total. The molecular weight excluding hydrogens is 362 g/mol. The number of carbonyl (C=O) groups is 1. The predicted molar refractivity (Wildman–Crippen MR) is 118 cm³/mol. The predicted octanol–water partition coefficient (Wildman–Crippen LogP) is 4.20. The molecule has 2 aliphatic heterocycles. The second-order valence-electron chi connectivity index (χ2n) is 9.28. The molecule has 1 atom stereocenters. The fraction of sp³-hybridized carbons (Fsp3) is 0.708. The fourth-order valence-corrected chi connectivity index (χ4v) is 5.27. The molecule has 1 aromatic carbocycles. The molecule has 5 nitrogen and oxygen atoms in total. The van der Waals surface area contributed by atoms with Gasteiger partial charge in [-0.1, -0.05) is 12.8 Å². The van der Waals surface area contributed by atoms with Gasteiger partial charge in [-0.25, -0.2) is 0 Å². The summed E-state index contributed by atoms with van der Waals surface area (Å²) in [6.45, 7) is 8.09. The largest absolute Gasteiger partial charge is 0.490 e. The van der Waals surface area contributed by atoms with Crippen molar-refractivity contribution in [2.75, 3.05) is 31.5 Å². The van der Waals surface area contributed by atoms with Gasteiger partial charge in [0.25, 0.3) is 0 Å². The molecule has 1 aliphatic carbocycles. The Kier molecular flexibility index (Phi) is 6.76. The summed E-state index contributed by atoms with van der Waals surface area (Å²) in [4.78, 5) is 17.4. The van der Waals surface area contributed by atoms with Gasteiger partial charge in [-0.2, -0.15) is 0 Å². The van der Waals surface area contributed by atoms with E-state index in [1.165, 1.54) is 38.5 Å². The Morgan fingerprint density at radius 1 is 1.07 bits per heavy atom. The van der Waals surface area contributed by atoms with Gasteiger partial charge in [0.2, 0.25) is 5.91 Å². The molecule has 2 saturated heterocycles. The van der Waals surface area contributed by atoms with Crippen molar-refractivity contribution < 1.29 is 9.53 Å². The van der Waals surface area contributed by atoms with Crippen molar-refractivity contribution in [1.29, 1.82) is 0 Å². The van der Waals surface area contributed by atoms with Gasteiger partial charge in [0.15, 0.2) is 0 Å². The lowest BCUT2D eigenvalue weighted by atomic mass is 10.0. The smallest absolute Gasteiger partial charge is 0.238 e. The molecule has 0 aromatic heterocycles. The molecule has 1 aromatic rings. The number of likely N-dealkylation sites (tertiary alicyclic amines) is 2. The van der Waals surface area contributed by atoms with E-state index in [0.29, 0.717) is 18.7 Å². The molecule has 29 heavy (non-hydrogen) atoms. The van der Waals surface area contributed by atoms with E-state index in [2.05, 4.69) is 28.1 Å². The average molecular weight is 400 g/mol. The molecule has 0 unspecified atom stereocenters. The molecule has 1 saturated carbocycles. The minimum atomic E-state index is 0.0785. The Morgan fingerprint density at radius 2 is 1.83 bits per heavy atom. The lowest BCUT2D eigenvalue weighted by Gasteiger charge is -2.36. The summed E-state index contributed by atoms with van der Waals surface area (Å²) >= 11 is 0. The highest BCUT2D eigenvalue weighted by Gasteiger charge is 2.28. The number of amides is 1. The number of ether oxygens (including phenoxy) is 1. The maximum Gasteiger partial charge on any atom is 0.238 e. The molecule has 3 aliphatic rings. The molecule has 0 radical (unpaired) electrons. The van der Waals surface area contributed by atoms with E-state index in [-0.39, 0.29) is 5.91 Å². The van der Waals surface area contributed by atoms with E-state index < -0.39 is 0 Å². The summed E-state index contributed by atoms with van der Waals surface area (Å²) in [5.41, 5.74) is 1.96. The van der Waals surface area contributed by atoms with Gasteiger partial charge >= 0.3 is 0 Å². The number of aryl methyl sites for hydroxylation is 1. The first kappa shape index (κ1) is 20.7. The van der Waals surface area contributed by atoms with Crippen LogP contribution < -0.4 is 10.1 Å². The van der Waals surface area contributed by atoms with Gasteiger partial charge in [0.05, 0.1) is 6.54 Å². The molecule has 1 amide bonds. The number of hydrogen-bond donors (Lipinski definition) is 1. The van der Waals surface area contributed by atoms with Gasteiger partial charge in [0, 0.05) is 30.9 Å². The molecule has 160 valence electrons. The van der Waals surface area contributed by atoms with Crippen LogP contribution in [-0.4, -0.2) is 60.1 Å². The Hall–Kier alpha value is -1.59. The van der Waals surface area contributed by atoms with Gasteiger partial charge < -0.3 is 15.0 Å². The number of nitrogens with zero attached hydrogens (tertiary/aromatic N) is 2. The van der Waals surface area contributed by atoms with Crippen LogP contribution in [0, 0.1) is 6.92 Å². The molecule has 0 spiro atoms. The summed E-state index contributed by atoms with van der Waals surface area (Å²) in [6.07, 6.45) is 10.5. The zero-order valence-corrected chi connectivity index (χ0v) is 18.2. The molecular formula is C24H37N3O2. The summed E-state index contributed by atoms with van der Waals surface area (Å²) in [5, 5.41) is 3.08. The van der Waals surface area contributed by atoms with Crippen molar-refractivity contribution >= 4 is 11.6 Å². The van der Waals surface area contributed by atoms with Crippen LogP contribution in [0.5, 0.6) is 5.75 Å². The molecule has 4 rings (SSSR count). The first-order chi connectivity index (χ1) is 14.1. The van der Waals surface area contributed by atoms with Gasteiger partial charge in [-0.05, 0) is 82.7 Å². The minimum absolute atomic E-state index is 0.0785. The minimum Gasteiger partial charge on any atom is -0.490 e. The number of anilines is 1. The van der Waals surface area contributed by atoms with E-state index in [4.69, 9.17) is 4.74 Å². The summed E-state index contributed by atoms with van der Waals surface area (Å²) in [5.74, 6) is 1.00. The lowest BCUT2D eigenvalue weighted by molar-refractivity contribution is -0.117. The zero-order valence-electron chi connectivity index (χ0n) is 18.2. The third kappa shape index (κ3) is 5.32. The number of benzene rings is 1. The van der Waals surface area contributed by atoms with Crippen molar-refractivity contribution in [2.24, 2.45) is 0 Å². The fourth-order valence-electron chi connectivity index (χ4n) is 5.27. The van der Waals surface area contributed by atoms with Crippen LogP contribution in [0.3, 0.4) is 0 Å². The van der Waals surface area contributed by atoms with Crippen LogP contribution in [0.1, 0.15) is 63.9 Å². The number of piperidine rings is 1. The highest BCUT2D eigenvalue weighted by atomic mass is 16.5. The third-order valence-corrected chi connectivity index (χ3v) is 7.13. The van der Waals surface area contributed by atoms with Crippen molar-refractivity contribution in [3.8, 4) is 5.75 Å². The van der Waals surface area contributed by atoms with Crippen molar-refractivity contribution in [3.05, 3.63) is 23.8 Å². The number of hydrogen-bond acceptors (Lipinski definition) is 4. The second-order valence-corrected chi connectivity index (χ2v) is 9.28. The molecule has 0 bridgehead atoms. The summed E-state index contributed by atoms with van der Waals surface area (Å²) in [7, 11) is 0. The van der Waals surface area contributed by atoms with Crippen LogP contribution >= 0.6 is 0 Å². The first-order valence-corrected chi connectivity index (χ1v) is 11.6. The Balaban J connectivity index is 1.25. The second kappa shape index (κ2) is 9.48. The van der Waals surface area contributed by atoms with Crippen LogP contribution in [0.4, 0.5) is 5.69 Å².